The number of fused-ring (bicyclic) bond motifs is 1. The highest BCUT2D eigenvalue weighted by Gasteiger charge is 2.52. The molecular formula is C29H53N5O5S. The third-order valence-corrected chi connectivity index (χ3v) is 10.6. The van der Waals surface area contributed by atoms with Crippen LogP contribution in [0.15, 0.2) is 0 Å². The second-order valence-electron chi connectivity index (χ2n) is 13.5. The van der Waals surface area contributed by atoms with E-state index >= 15 is 0 Å². The molecule has 3 atom stereocenters. The fraction of sp³-hybridized carbons (Fsp3) is 0.931. The lowest BCUT2D eigenvalue weighted by molar-refractivity contribution is -0.290. The van der Waals surface area contributed by atoms with Gasteiger partial charge in [0.15, 0.2) is 6.10 Å². The SMILES string of the molecule is CC(C)C[C@H]1ON(CCCC2CCN(S(C)(=O)=O)CC2)C2CN(C3CCN(C)CC3)C(=O)[C@H](CC(C)C)N2C1=O. The summed E-state index contributed by atoms with van der Waals surface area (Å²) in [7, 11) is -0.993. The first-order valence-corrected chi connectivity index (χ1v) is 17.4. The van der Waals surface area contributed by atoms with E-state index in [0.717, 1.165) is 51.6 Å². The van der Waals surface area contributed by atoms with E-state index < -0.39 is 22.2 Å². The Kier molecular flexibility index (Phi) is 10.6. The summed E-state index contributed by atoms with van der Waals surface area (Å²) in [5.74, 6) is 1.15. The Hall–Kier alpha value is -1.27. The quantitative estimate of drug-likeness (QED) is 0.390. The fourth-order valence-corrected chi connectivity index (χ4v) is 7.86. The average Bonchev–Trinajstić information content (AvgIpc) is 2.87. The highest BCUT2D eigenvalue weighted by molar-refractivity contribution is 7.88. The molecule has 0 N–H and O–H groups in total. The Bertz CT molecular complexity index is 975. The molecule has 4 fully saturated rings. The van der Waals surface area contributed by atoms with Gasteiger partial charge in [0.2, 0.25) is 15.9 Å². The van der Waals surface area contributed by atoms with Crippen LogP contribution in [0.5, 0.6) is 0 Å². The molecule has 0 bridgehead atoms. The van der Waals surface area contributed by atoms with Crippen LogP contribution in [0.4, 0.5) is 0 Å². The minimum absolute atomic E-state index is 0.0369. The van der Waals surface area contributed by atoms with Gasteiger partial charge in [0.25, 0.3) is 5.91 Å². The maximum atomic E-state index is 14.0. The van der Waals surface area contributed by atoms with Crippen LogP contribution in [0.2, 0.25) is 0 Å². The minimum Gasteiger partial charge on any atom is -0.334 e. The van der Waals surface area contributed by atoms with Crippen molar-refractivity contribution in [3.8, 4) is 0 Å². The fourth-order valence-electron chi connectivity index (χ4n) is 6.98. The van der Waals surface area contributed by atoms with E-state index in [4.69, 9.17) is 4.84 Å². The number of hydrogen-bond donors (Lipinski definition) is 0. The summed E-state index contributed by atoms with van der Waals surface area (Å²) in [6.07, 6.45) is 7.33. The first-order chi connectivity index (χ1) is 18.8. The topological polar surface area (TPSA) is 93.7 Å². The summed E-state index contributed by atoms with van der Waals surface area (Å²) in [6, 6.07) is -0.252. The van der Waals surface area contributed by atoms with Gasteiger partial charge in [-0.1, -0.05) is 27.7 Å². The van der Waals surface area contributed by atoms with Gasteiger partial charge in [-0.05, 0) is 89.3 Å². The Morgan fingerprint density at radius 3 is 2.10 bits per heavy atom. The Morgan fingerprint density at radius 1 is 0.900 bits per heavy atom. The third kappa shape index (κ3) is 7.56. The van der Waals surface area contributed by atoms with E-state index in [1.807, 2.05) is 9.96 Å². The molecule has 0 aliphatic carbocycles. The van der Waals surface area contributed by atoms with Crippen molar-refractivity contribution in [3.63, 3.8) is 0 Å². The first kappa shape index (κ1) is 31.7. The molecule has 0 spiro atoms. The van der Waals surface area contributed by atoms with E-state index in [1.54, 1.807) is 4.31 Å². The van der Waals surface area contributed by atoms with Gasteiger partial charge in [-0.2, -0.15) is 5.06 Å². The van der Waals surface area contributed by atoms with Gasteiger partial charge < -0.3 is 14.7 Å². The predicted octanol–water partition coefficient (Wildman–Crippen LogP) is 2.61. The molecule has 0 radical (unpaired) electrons. The highest BCUT2D eigenvalue weighted by atomic mass is 32.2. The highest BCUT2D eigenvalue weighted by Crippen LogP contribution is 2.34. The minimum atomic E-state index is -3.13. The monoisotopic (exact) mass is 583 g/mol. The first-order valence-electron chi connectivity index (χ1n) is 15.5. The number of hydrogen-bond acceptors (Lipinski definition) is 7. The van der Waals surface area contributed by atoms with Gasteiger partial charge in [0.05, 0.1) is 12.8 Å². The number of nitrogens with zero attached hydrogens (tertiary/aromatic N) is 5. The van der Waals surface area contributed by atoms with Crippen molar-refractivity contribution in [1.82, 2.24) is 24.1 Å². The molecule has 4 heterocycles. The largest absolute Gasteiger partial charge is 0.334 e. The lowest BCUT2D eigenvalue weighted by Crippen LogP contribution is -2.74. The molecular weight excluding hydrogens is 530 g/mol. The number of carbonyl (C=O) groups excluding carboxylic acids is 2. The van der Waals surface area contributed by atoms with Crippen LogP contribution < -0.4 is 0 Å². The van der Waals surface area contributed by atoms with Crippen LogP contribution in [-0.4, -0.2) is 121 Å². The van der Waals surface area contributed by atoms with Crippen LogP contribution in [0.25, 0.3) is 0 Å². The van der Waals surface area contributed by atoms with Crippen molar-refractivity contribution in [2.45, 2.75) is 103 Å². The molecule has 4 aliphatic heterocycles. The summed E-state index contributed by atoms with van der Waals surface area (Å²) in [5, 5.41) is 2.03. The zero-order chi connectivity index (χ0) is 29.2. The molecule has 40 heavy (non-hydrogen) atoms. The van der Waals surface area contributed by atoms with Crippen molar-refractivity contribution in [2.24, 2.45) is 17.8 Å². The standard InChI is InChI=1S/C29H53N5O5S/c1-21(2)18-25-28(35)32(24-11-14-30(5)15-12-24)20-27-33(39-26(19-22(3)4)29(36)34(25)27)13-7-8-23-9-16-31(17-10-23)40(6,37)38/h21-27H,7-20H2,1-6H3/t25-,26+,27?/m0/s1. The van der Waals surface area contributed by atoms with Gasteiger partial charge in [0.1, 0.15) is 12.2 Å². The molecule has 4 aliphatic rings. The Balaban J connectivity index is 1.50. The molecule has 1 unspecified atom stereocenters. The van der Waals surface area contributed by atoms with Crippen LogP contribution in [-0.2, 0) is 24.4 Å². The van der Waals surface area contributed by atoms with Crippen LogP contribution in [0.1, 0.15) is 79.1 Å². The molecule has 0 aromatic heterocycles. The molecule has 4 saturated heterocycles. The lowest BCUT2D eigenvalue weighted by Gasteiger charge is -2.55. The maximum Gasteiger partial charge on any atom is 0.255 e. The molecule has 11 heteroatoms. The van der Waals surface area contributed by atoms with Gasteiger partial charge >= 0.3 is 0 Å². The van der Waals surface area contributed by atoms with Crippen molar-refractivity contribution >= 4 is 21.8 Å². The predicted molar refractivity (Wildman–Crippen MR) is 156 cm³/mol. The smallest absolute Gasteiger partial charge is 0.255 e. The number of amides is 2. The Labute approximate surface area is 242 Å². The maximum absolute atomic E-state index is 14.0. The summed E-state index contributed by atoms with van der Waals surface area (Å²) in [4.78, 5) is 40.7. The van der Waals surface area contributed by atoms with E-state index in [9.17, 15) is 18.0 Å². The molecule has 0 saturated carbocycles. The molecule has 0 aromatic carbocycles. The van der Waals surface area contributed by atoms with Crippen molar-refractivity contribution < 1.29 is 22.8 Å². The molecule has 4 rings (SSSR count). The zero-order valence-corrected chi connectivity index (χ0v) is 26.4. The molecule has 2 amide bonds. The summed E-state index contributed by atoms with van der Waals surface area (Å²) < 4.78 is 25.4. The Morgan fingerprint density at radius 2 is 1.52 bits per heavy atom. The van der Waals surface area contributed by atoms with Gasteiger partial charge in [0, 0.05) is 25.7 Å². The number of likely N-dealkylation sites (tertiary alicyclic amines) is 1. The van der Waals surface area contributed by atoms with Crippen LogP contribution >= 0.6 is 0 Å². The number of sulfonamides is 1. The van der Waals surface area contributed by atoms with E-state index in [2.05, 4.69) is 44.5 Å². The molecule has 0 aromatic rings. The summed E-state index contributed by atoms with van der Waals surface area (Å²) in [6.45, 7) is 12.8. The van der Waals surface area contributed by atoms with Crippen LogP contribution in [0.3, 0.4) is 0 Å². The van der Waals surface area contributed by atoms with Gasteiger partial charge in [-0.15, -0.1) is 0 Å². The van der Waals surface area contributed by atoms with E-state index in [1.165, 1.54) is 6.26 Å². The van der Waals surface area contributed by atoms with Crippen LogP contribution in [0, 0.1) is 17.8 Å². The van der Waals surface area contributed by atoms with E-state index in [-0.39, 0.29) is 29.9 Å². The average molecular weight is 584 g/mol. The number of piperidine rings is 2. The number of carbonyl (C=O) groups is 2. The number of hydroxylamine groups is 2. The number of piperazine rings is 1. The van der Waals surface area contributed by atoms with Crippen molar-refractivity contribution in [1.29, 1.82) is 0 Å². The zero-order valence-electron chi connectivity index (χ0n) is 25.6. The normalized spacial score (nSPS) is 29.1. The second-order valence-corrected chi connectivity index (χ2v) is 15.5. The van der Waals surface area contributed by atoms with Gasteiger partial charge in [-0.25, -0.2) is 12.7 Å². The van der Waals surface area contributed by atoms with Gasteiger partial charge in [-0.3, -0.25) is 14.4 Å². The summed E-state index contributed by atoms with van der Waals surface area (Å²) in [5.41, 5.74) is 0. The second kappa shape index (κ2) is 13.4. The van der Waals surface area contributed by atoms with Crippen molar-refractivity contribution in [3.05, 3.63) is 0 Å². The number of rotatable bonds is 10. The third-order valence-electron chi connectivity index (χ3n) is 9.25. The molecule has 230 valence electrons. The molecule has 10 nitrogen and oxygen atoms in total. The van der Waals surface area contributed by atoms with Crippen molar-refractivity contribution in [2.75, 3.05) is 52.6 Å². The lowest BCUT2D eigenvalue weighted by atomic mass is 9.92. The summed E-state index contributed by atoms with van der Waals surface area (Å²) >= 11 is 0. The van der Waals surface area contributed by atoms with E-state index in [0.29, 0.717) is 50.9 Å².